The van der Waals surface area contributed by atoms with Crippen LogP contribution in [0.25, 0.3) is 17.7 Å². The van der Waals surface area contributed by atoms with Crippen LogP contribution in [0, 0.1) is 5.92 Å². The van der Waals surface area contributed by atoms with Gasteiger partial charge in [-0.15, -0.1) is 0 Å². The van der Waals surface area contributed by atoms with Crippen molar-refractivity contribution < 1.29 is 13.2 Å². The summed E-state index contributed by atoms with van der Waals surface area (Å²) in [5, 5.41) is 0. The molecule has 0 saturated heterocycles. The van der Waals surface area contributed by atoms with Gasteiger partial charge in [0.1, 0.15) is 0 Å². The molecule has 0 N–H and O–H groups in total. The Labute approximate surface area is 103 Å². The molecule has 2 rings (SSSR count). The molecule has 1 aromatic rings. The van der Waals surface area contributed by atoms with Gasteiger partial charge in [-0.05, 0) is 17.5 Å². The van der Waals surface area contributed by atoms with Crippen molar-refractivity contribution in [3.05, 3.63) is 47.8 Å². The van der Waals surface area contributed by atoms with Crippen molar-refractivity contribution in [1.29, 1.82) is 0 Å². The Bertz CT molecular complexity index is 538. The topological polar surface area (TPSA) is 12.9 Å². The molecule has 0 spiro atoms. The van der Waals surface area contributed by atoms with Crippen LogP contribution >= 0.6 is 0 Å². The van der Waals surface area contributed by atoms with Gasteiger partial charge in [-0.1, -0.05) is 37.8 Å². The van der Waals surface area contributed by atoms with Gasteiger partial charge in [0.15, 0.2) is 0 Å². The predicted octanol–water partition coefficient (Wildman–Crippen LogP) is 4.33. The summed E-state index contributed by atoms with van der Waals surface area (Å²) in [6.07, 6.45) is 4.19. The van der Waals surface area contributed by atoms with Gasteiger partial charge in [0.25, 0.3) is 0 Å². The van der Waals surface area contributed by atoms with Gasteiger partial charge >= 0.3 is 6.18 Å². The SMILES string of the molecule is C=C(c1nccc2c1C=CC(C)C=C2)C(F)(F)F. The Balaban J connectivity index is 2.57. The number of halogens is 3. The zero-order chi connectivity index (χ0) is 13.3. The van der Waals surface area contributed by atoms with Crippen molar-refractivity contribution in [1.82, 2.24) is 4.98 Å². The molecule has 0 radical (unpaired) electrons. The predicted molar refractivity (Wildman–Crippen MR) is 66.6 cm³/mol. The lowest BCUT2D eigenvalue weighted by Gasteiger charge is -2.13. The van der Waals surface area contributed by atoms with Crippen molar-refractivity contribution in [2.75, 3.05) is 0 Å². The van der Waals surface area contributed by atoms with E-state index in [4.69, 9.17) is 0 Å². The van der Waals surface area contributed by atoms with Gasteiger partial charge in [0.05, 0.1) is 11.3 Å². The van der Waals surface area contributed by atoms with E-state index >= 15 is 0 Å². The van der Waals surface area contributed by atoms with Crippen LogP contribution in [0.1, 0.15) is 23.7 Å². The first-order chi connectivity index (χ1) is 8.39. The maximum Gasteiger partial charge on any atom is 0.417 e. The van der Waals surface area contributed by atoms with Crippen LogP contribution in [-0.2, 0) is 0 Å². The molecule has 18 heavy (non-hydrogen) atoms. The van der Waals surface area contributed by atoms with Crippen molar-refractivity contribution in [3.8, 4) is 0 Å². The highest BCUT2D eigenvalue weighted by Gasteiger charge is 2.35. The number of rotatable bonds is 1. The highest BCUT2D eigenvalue weighted by atomic mass is 19.4. The van der Waals surface area contributed by atoms with E-state index in [9.17, 15) is 13.2 Å². The van der Waals surface area contributed by atoms with Crippen LogP contribution < -0.4 is 0 Å². The van der Waals surface area contributed by atoms with Crippen LogP contribution in [0.15, 0.2) is 31.0 Å². The second kappa shape index (κ2) is 4.44. The van der Waals surface area contributed by atoms with E-state index in [-0.39, 0.29) is 11.6 Å². The molecule has 1 atom stereocenters. The molecule has 1 nitrogen and oxygen atoms in total. The number of hydrogen-bond acceptors (Lipinski definition) is 1. The third-order valence-corrected chi connectivity index (χ3v) is 2.80. The third kappa shape index (κ3) is 2.37. The van der Waals surface area contributed by atoms with E-state index in [0.717, 1.165) is 5.56 Å². The summed E-state index contributed by atoms with van der Waals surface area (Å²) in [5.74, 6) is 0.185. The molecule has 0 bridgehead atoms. The molecule has 1 heterocycles. The summed E-state index contributed by atoms with van der Waals surface area (Å²) < 4.78 is 38.1. The summed E-state index contributed by atoms with van der Waals surface area (Å²) in [6, 6.07) is 1.70. The molecule has 0 fully saturated rings. The Morgan fingerprint density at radius 1 is 1.28 bits per heavy atom. The zero-order valence-electron chi connectivity index (χ0n) is 9.83. The summed E-state index contributed by atoms with van der Waals surface area (Å²) in [4.78, 5) is 3.82. The highest BCUT2D eigenvalue weighted by molar-refractivity contribution is 5.79. The monoisotopic (exact) mass is 251 g/mol. The molecular formula is C14H12F3N. The minimum Gasteiger partial charge on any atom is -0.256 e. The average Bonchev–Trinajstić information content (AvgIpc) is 2.49. The van der Waals surface area contributed by atoms with Gasteiger partial charge in [0.2, 0.25) is 0 Å². The fourth-order valence-corrected chi connectivity index (χ4v) is 1.75. The van der Waals surface area contributed by atoms with Crippen LogP contribution in [0.3, 0.4) is 0 Å². The Morgan fingerprint density at radius 3 is 2.61 bits per heavy atom. The van der Waals surface area contributed by atoms with Gasteiger partial charge in [0, 0.05) is 11.8 Å². The summed E-state index contributed by atoms with van der Waals surface area (Å²) >= 11 is 0. The van der Waals surface area contributed by atoms with Crippen molar-refractivity contribution >= 4 is 17.7 Å². The van der Waals surface area contributed by atoms with E-state index in [1.165, 1.54) is 6.20 Å². The minimum atomic E-state index is -4.46. The Hall–Kier alpha value is -1.84. The third-order valence-electron chi connectivity index (χ3n) is 2.80. The molecule has 0 aromatic carbocycles. The van der Waals surface area contributed by atoms with Crippen LogP contribution in [0.5, 0.6) is 0 Å². The standard InChI is InChI=1S/C14H12F3N/c1-9-3-5-11-7-8-18-13(12(11)6-4-9)10(2)14(15,16)17/h3-9H,2H2,1H3. The first-order valence-electron chi connectivity index (χ1n) is 5.51. The fourth-order valence-electron chi connectivity index (χ4n) is 1.75. The largest absolute Gasteiger partial charge is 0.417 e. The smallest absolute Gasteiger partial charge is 0.256 e. The maximum atomic E-state index is 12.7. The second-order valence-electron chi connectivity index (χ2n) is 4.22. The van der Waals surface area contributed by atoms with Crippen LogP contribution in [0.2, 0.25) is 0 Å². The second-order valence-corrected chi connectivity index (χ2v) is 4.22. The number of aromatic nitrogens is 1. The zero-order valence-corrected chi connectivity index (χ0v) is 9.83. The maximum absolute atomic E-state index is 12.7. The van der Waals surface area contributed by atoms with Gasteiger partial charge in [-0.3, -0.25) is 4.98 Å². The molecule has 1 aliphatic carbocycles. The molecule has 0 amide bonds. The summed E-state index contributed by atoms with van der Waals surface area (Å²) in [6.45, 7) is 5.07. The van der Waals surface area contributed by atoms with E-state index in [1.807, 2.05) is 25.2 Å². The van der Waals surface area contributed by atoms with Crippen molar-refractivity contribution in [2.45, 2.75) is 13.1 Å². The van der Waals surface area contributed by atoms with Crippen molar-refractivity contribution in [2.24, 2.45) is 5.92 Å². The molecule has 0 saturated carbocycles. The molecule has 1 aromatic heterocycles. The van der Waals surface area contributed by atoms with Gasteiger partial charge in [-0.25, -0.2) is 0 Å². The van der Waals surface area contributed by atoms with Crippen LogP contribution in [-0.4, -0.2) is 11.2 Å². The first-order valence-corrected chi connectivity index (χ1v) is 5.51. The van der Waals surface area contributed by atoms with E-state index in [0.29, 0.717) is 5.56 Å². The van der Waals surface area contributed by atoms with Gasteiger partial charge < -0.3 is 0 Å². The normalized spacial score (nSPS) is 18.3. The number of alkyl halides is 3. The molecule has 1 unspecified atom stereocenters. The lowest BCUT2D eigenvalue weighted by molar-refractivity contribution is -0.0689. The molecule has 1 aliphatic rings. The van der Waals surface area contributed by atoms with Crippen LogP contribution in [0.4, 0.5) is 13.2 Å². The minimum absolute atomic E-state index is 0.102. The number of allylic oxidation sites excluding steroid dienone is 3. The number of fused-ring (bicyclic) bond motifs is 1. The lowest BCUT2D eigenvalue weighted by atomic mass is 10.0. The quantitative estimate of drug-likeness (QED) is 0.723. The van der Waals surface area contributed by atoms with Gasteiger partial charge in [-0.2, -0.15) is 13.2 Å². The number of nitrogens with zero attached hydrogens (tertiary/aromatic N) is 1. The lowest BCUT2D eigenvalue weighted by Crippen LogP contribution is -2.12. The first kappa shape index (κ1) is 12.6. The Kier molecular flexibility index (Phi) is 3.11. The summed E-state index contributed by atoms with van der Waals surface area (Å²) in [5.41, 5.74) is 0.188. The fraction of sp³-hybridized carbons (Fsp3) is 0.214. The number of pyridine rings is 1. The van der Waals surface area contributed by atoms with E-state index in [2.05, 4.69) is 11.6 Å². The Morgan fingerprint density at radius 2 is 1.94 bits per heavy atom. The summed E-state index contributed by atoms with van der Waals surface area (Å²) in [7, 11) is 0. The average molecular weight is 251 g/mol. The molecule has 4 heteroatoms. The molecular weight excluding hydrogens is 239 g/mol. The van der Waals surface area contributed by atoms with Crippen molar-refractivity contribution in [3.63, 3.8) is 0 Å². The van der Waals surface area contributed by atoms with E-state index in [1.54, 1.807) is 12.1 Å². The molecule has 0 aliphatic heterocycles. The number of hydrogen-bond donors (Lipinski definition) is 0. The van der Waals surface area contributed by atoms with E-state index < -0.39 is 11.7 Å². The highest BCUT2D eigenvalue weighted by Crippen LogP contribution is 2.35. The molecule has 94 valence electrons.